The minimum Gasteiger partial charge on any atom is -0.357 e. The number of imidazole rings is 1. The van der Waals surface area contributed by atoms with Gasteiger partial charge in [0.15, 0.2) is 0 Å². The minimum absolute atomic E-state index is 0.0583. The number of hydrogen-bond donors (Lipinski definition) is 2. The Bertz CT molecular complexity index is 546. The number of carbonyl (C=O) groups excluding carboxylic acids is 1. The predicted molar refractivity (Wildman–Crippen MR) is 67.9 cm³/mol. The van der Waals surface area contributed by atoms with Gasteiger partial charge in [-0.15, -0.1) is 0 Å². The number of anilines is 1. The quantitative estimate of drug-likeness (QED) is 0.833. The van der Waals surface area contributed by atoms with Crippen molar-refractivity contribution < 1.29 is 4.79 Å². The topological polar surface area (TPSA) is 59.0 Å². The van der Waals surface area contributed by atoms with Gasteiger partial charge in [-0.05, 0) is 19.1 Å². The molecule has 0 aliphatic rings. The molecule has 2 rings (SSSR count). The van der Waals surface area contributed by atoms with Crippen LogP contribution in [0.15, 0.2) is 24.3 Å². The van der Waals surface area contributed by atoms with E-state index in [1.165, 1.54) is 0 Å². The molecule has 17 heavy (non-hydrogen) atoms. The fourth-order valence-electron chi connectivity index (χ4n) is 1.75. The van der Waals surface area contributed by atoms with Crippen LogP contribution in [0, 0.1) is 0 Å². The molecule has 0 saturated heterocycles. The van der Waals surface area contributed by atoms with E-state index in [4.69, 9.17) is 0 Å². The second kappa shape index (κ2) is 4.45. The predicted octanol–water partition coefficient (Wildman–Crippen LogP) is 1.12. The van der Waals surface area contributed by atoms with Gasteiger partial charge in [0.25, 0.3) is 0 Å². The maximum atomic E-state index is 11.4. The fraction of sp³-hybridized carbons (Fsp3) is 0.333. The number of nitrogens with zero attached hydrogens (tertiary/aromatic N) is 2. The summed E-state index contributed by atoms with van der Waals surface area (Å²) in [7, 11) is 3.55. The van der Waals surface area contributed by atoms with Crippen LogP contribution in [0.1, 0.15) is 6.92 Å². The maximum absolute atomic E-state index is 11.4. The number of hydrogen-bond acceptors (Lipinski definition) is 3. The highest BCUT2D eigenvalue weighted by molar-refractivity contribution is 5.84. The van der Waals surface area contributed by atoms with Crippen molar-refractivity contribution in [1.82, 2.24) is 14.9 Å². The summed E-state index contributed by atoms with van der Waals surface area (Å²) >= 11 is 0. The van der Waals surface area contributed by atoms with Crippen LogP contribution in [0.25, 0.3) is 11.0 Å². The highest BCUT2D eigenvalue weighted by Gasteiger charge is 2.14. The van der Waals surface area contributed by atoms with E-state index in [2.05, 4.69) is 15.6 Å². The van der Waals surface area contributed by atoms with Gasteiger partial charge in [-0.3, -0.25) is 4.79 Å². The van der Waals surface area contributed by atoms with E-state index in [9.17, 15) is 4.79 Å². The van der Waals surface area contributed by atoms with Gasteiger partial charge in [0.05, 0.1) is 11.0 Å². The molecule has 0 aliphatic heterocycles. The summed E-state index contributed by atoms with van der Waals surface area (Å²) in [5.74, 6) is 0.638. The molecule has 1 heterocycles. The van der Waals surface area contributed by atoms with Crippen molar-refractivity contribution in [3.8, 4) is 0 Å². The van der Waals surface area contributed by atoms with Crippen LogP contribution in [-0.2, 0) is 11.8 Å². The molecule has 1 unspecified atom stereocenters. The van der Waals surface area contributed by atoms with E-state index < -0.39 is 0 Å². The molecule has 0 saturated carbocycles. The number of benzene rings is 1. The molecule has 1 amide bonds. The van der Waals surface area contributed by atoms with Crippen molar-refractivity contribution in [3.05, 3.63) is 24.3 Å². The Kier molecular flexibility index (Phi) is 2.99. The monoisotopic (exact) mass is 232 g/mol. The number of para-hydroxylation sites is 2. The molecule has 0 bridgehead atoms. The van der Waals surface area contributed by atoms with Gasteiger partial charge < -0.3 is 15.2 Å². The van der Waals surface area contributed by atoms with Gasteiger partial charge in [0.1, 0.15) is 6.04 Å². The van der Waals surface area contributed by atoms with Crippen molar-refractivity contribution in [1.29, 1.82) is 0 Å². The summed E-state index contributed by atoms with van der Waals surface area (Å²) in [5, 5.41) is 5.69. The number of rotatable bonds is 3. The lowest BCUT2D eigenvalue weighted by atomic mass is 10.3. The molecule has 0 aliphatic carbocycles. The summed E-state index contributed by atoms with van der Waals surface area (Å²) in [6.45, 7) is 1.80. The first kappa shape index (κ1) is 11.4. The second-order valence-electron chi connectivity index (χ2n) is 3.96. The van der Waals surface area contributed by atoms with Crippen LogP contribution in [0.5, 0.6) is 0 Å². The SMILES string of the molecule is CNC(=O)C(C)Nc1nc2ccccc2n1C. The summed E-state index contributed by atoms with van der Waals surface area (Å²) in [4.78, 5) is 15.9. The summed E-state index contributed by atoms with van der Waals surface area (Å²) in [5.41, 5.74) is 1.96. The molecule has 1 atom stereocenters. The summed E-state index contributed by atoms with van der Waals surface area (Å²) < 4.78 is 1.94. The van der Waals surface area contributed by atoms with Crippen molar-refractivity contribution in [3.63, 3.8) is 0 Å². The molecule has 1 aromatic carbocycles. The zero-order chi connectivity index (χ0) is 12.4. The molecule has 2 aromatic rings. The third-order valence-corrected chi connectivity index (χ3v) is 2.77. The van der Waals surface area contributed by atoms with Gasteiger partial charge >= 0.3 is 0 Å². The number of aromatic nitrogens is 2. The highest BCUT2D eigenvalue weighted by Crippen LogP contribution is 2.17. The van der Waals surface area contributed by atoms with E-state index in [0.29, 0.717) is 5.95 Å². The average molecular weight is 232 g/mol. The van der Waals surface area contributed by atoms with Crippen LogP contribution < -0.4 is 10.6 Å². The Morgan fingerprint density at radius 2 is 2.12 bits per heavy atom. The van der Waals surface area contributed by atoms with Crippen LogP contribution in [0.2, 0.25) is 0 Å². The Morgan fingerprint density at radius 1 is 1.41 bits per heavy atom. The van der Waals surface area contributed by atoms with Crippen molar-refractivity contribution >= 4 is 22.9 Å². The average Bonchev–Trinajstić information content (AvgIpc) is 2.66. The standard InChI is InChI=1S/C12H16N4O/c1-8(11(17)13-2)14-12-15-9-6-4-5-7-10(9)16(12)3/h4-8H,1-3H3,(H,13,17)(H,14,15). The smallest absolute Gasteiger partial charge is 0.242 e. The lowest BCUT2D eigenvalue weighted by Gasteiger charge is -2.12. The van der Waals surface area contributed by atoms with Crippen molar-refractivity contribution in [2.24, 2.45) is 7.05 Å². The Hall–Kier alpha value is -2.04. The molecule has 5 heteroatoms. The zero-order valence-electron chi connectivity index (χ0n) is 10.2. The Labute approximate surface area is 99.8 Å². The Balaban J connectivity index is 2.30. The third kappa shape index (κ3) is 2.08. The molecule has 1 aromatic heterocycles. The molecule has 90 valence electrons. The van der Waals surface area contributed by atoms with Crippen LogP contribution in [0.4, 0.5) is 5.95 Å². The lowest BCUT2D eigenvalue weighted by Crippen LogP contribution is -2.35. The van der Waals surface area contributed by atoms with E-state index >= 15 is 0 Å². The number of fused-ring (bicyclic) bond motifs is 1. The summed E-state index contributed by atoms with van der Waals surface area (Å²) in [6, 6.07) is 7.55. The van der Waals surface area contributed by atoms with Crippen molar-refractivity contribution in [2.45, 2.75) is 13.0 Å². The first-order valence-corrected chi connectivity index (χ1v) is 5.53. The number of aryl methyl sites for hydroxylation is 1. The minimum atomic E-state index is -0.310. The number of amides is 1. The van der Waals surface area contributed by atoms with Gasteiger partial charge in [-0.1, -0.05) is 12.1 Å². The first-order valence-electron chi connectivity index (χ1n) is 5.53. The fourth-order valence-corrected chi connectivity index (χ4v) is 1.75. The Morgan fingerprint density at radius 3 is 2.76 bits per heavy atom. The molecule has 0 radical (unpaired) electrons. The number of nitrogens with one attached hydrogen (secondary N) is 2. The molecular weight excluding hydrogens is 216 g/mol. The van der Waals surface area contributed by atoms with E-state index in [0.717, 1.165) is 11.0 Å². The summed E-state index contributed by atoms with van der Waals surface area (Å²) in [6.07, 6.45) is 0. The van der Waals surface area contributed by atoms with Gasteiger partial charge in [-0.25, -0.2) is 4.98 Å². The van der Waals surface area contributed by atoms with Gasteiger partial charge in [0.2, 0.25) is 11.9 Å². The van der Waals surface area contributed by atoms with Gasteiger partial charge in [0, 0.05) is 14.1 Å². The zero-order valence-corrected chi connectivity index (χ0v) is 10.2. The van der Waals surface area contributed by atoms with Crippen molar-refractivity contribution in [2.75, 3.05) is 12.4 Å². The first-order chi connectivity index (χ1) is 8.13. The highest BCUT2D eigenvalue weighted by atomic mass is 16.2. The molecule has 5 nitrogen and oxygen atoms in total. The van der Waals surface area contributed by atoms with E-state index in [-0.39, 0.29) is 11.9 Å². The molecule has 2 N–H and O–H groups in total. The molecular formula is C12H16N4O. The van der Waals surface area contributed by atoms with E-state index in [1.54, 1.807) is 14.0 Å². The van der Waals surface area contributed by atoms with Crippen LogP contribution in [0.3, 0.4) is 0 Å². The third-order valence-electron chi connectivity index (χ3n) is 2.77. The maximum Gasteiger partial charge on any atom is 0.242 e. The van der Waals surface area contributed by atoms with Gasteiger partial charge in [-0.2, -0.15) is 0 Å². The second-order valence-corrected chi connectivity index (χ2v) is 3.96. The van der Waals surface area contributed by atoms with Crippen LogP contribution >= 0.6 is 0 Å². The number of likely N-dealkylation sites (N-methyl/N-ethyl adjacent to an activating group) is 1. The number of carbonyl (C=O) groups is 1. The largest absolute Gasteiger partial charge is 0.357 e. The van der Waals surface area contributed by atoms with Crippen LogP contribution in [-0.4, -0.2) is 28.5 Å². The molecule has 0 fully saturated rings. The van der Waals surface area contributed by atoms with E-state index in [1.807, 2.05) is 35.9 Å². The lowest BCUT2D eigenvalue weighted by molar-refractivity contribution is -0.121. The molecule has 0 spiro atoms. The normalized spacial score (nSPS) is 12.4.